The van der Waals surface area contributed by atoms with Crippen molar-refractivity contribution >= 4 is 87.5 Å². The monoisotopic (exact) mass is 790 g/mol. The number of fused-ring (bicyclic) bond motifs is 14. The van der Waals surface area contributed by atoms with Crippen LogP contribution in [0, 0.1) is 22.7 Å². The minimum atomic E-state index is 0.418. The van der Waals surface area contributed by atoms with Crippen LogP contribution in [0.4, 0.5) is 0 Å². The van der Waals surface area contributed by atoms with Crippen molar-refractivity contribution in [2.45, 2.75) is 0 Å². The largest absolute Gasteiger partial charge is 0.455 e. The smallest absolute Gasteiger partial charge is 0.145 e. The number of benzene rings is 9. The second-order valence-corrected chi connectivity index (χ2v) is 15.8. The molecule has 4 aromatic heterocycles. The first-order chi connectivity index (χ1) is 30.7. The van der Waals surface area contributed by atoms with Crippen LogP contribution in [-0.2, 0) is 0 Å². The molecule has 0 amide bonds. The normalized spacial score (nSPS) is 11.8. The molecular formula is C56H30N4O2. The Labute approximate surface area is 353 Å². The number of nitriles is 2. The number of nitrogens with zero attached hydrogens (tertiary/aromatic N) is 4. The summed E-state index contributed by atoms with van der Waals surface area (Å²) in [5, 5.41) is 30.2. The lowest BCUT2D eigenvalue weighted by atomic mass is 9.90. The summed E-state index contributed by atoms with van der Waals surface area (Å²) in [5.41, 5.74) is 13.0. The predicted molar refractivity (Wildman–Crippen MR) is 250 cm³/mol. The molecule has 0 saturated heterocycles. The Morgan fingerprint density at radius 1 is 0.387 bits per heavy atom. The Balaban J connectivity index is 1.16. The van der Waals surface area contributed by atoms with Crippen molar-refractivity contribution in [2.24, 2.45) is 0 Å². The summed E-state index contributed by atoms with van der Waals surface area (Å²) in [6, 6.07) is 66.9. The van der Waals surface area contributed by atoms with Crippen molar-refractivity contribution < 1.29 is 8.83 Å². The Bertz CT molecular complexity index is 4090. The average molecular weight is 791 g/mol. The first kappa shape index (κ1) is 34.1. The van der Waals surface area contributed by atoms with E-state index in [2.05, 4.69) is 124 Å². The van der Waals surface area contributed by atoms with Gasteiger partial charge in [0.05, 0.1) is 61.8 Å². The molecule has 9 aromatic carbocycles. The zero-order chi connectivity index (χ0) is 41.1. The first-order valence-electron chi connectivity index (χ1n) is 20.5. The Morgan fingerprint density at radius 3 is 1.47 bits per heavy atom. The van der Waals surface area contributed by atoms with Gasteiger partial charge in [0.2, 0.25) is 0 Å². The third-order valence-electron chi connectivity index (χ3n) is 12.6. The Morgan fingerprint density at radius 2 is 0.887 bits per heavy atom. The maximum absolute atomic E-state index is 10.9. The van der Waals surface area contributed by atoms with E-state index in [0.717, 1.165) is 116 Å². The lowest BCUT2D eigenvalue weighted by Crippen LogP contribution is -2.03. The topological polar surface area (TPSA) is 83.7 Å². The highest BCUT2D eigenvalue weighted by molar-refractivity contribution is 6.25. The van der Waals surface area contributed by atoms with Crippen LogP contribution in [-0.4, -0.2) is 9.13 Å². The lowest BCUT2D eigenvalue weighted by molar-refractivity contribution is 0.672. The van der Waals surface area contributed by atoms with Gasteiger partial charge < -0.3 is 18.0 Å². The van der Waals surface area contributed by atoms with Gasteiger partial charge >= 0.3 is 0 Å². The van der Waals surface area contributed by atoms with Gasteiger partial charge in [0.15, 0.2) is 0 Å². The quantitative estimate of drug-likeness (QED) is 0.178. The van der Waals surface area contributed by atoms with Gasteiger partial charge in [-0.05, 0) is 83.9 Å². The van der Waals surface area contributed by atoms with Crippen molar-refractivity contribution in [2.75, 3.05) is 0 Å². The molecular weight excluding hydrogens is 761 g/mol. The molecule has 0 unspecified atom stereocenters. The average Bonchev–Trinajstić information content (AvgIpc) is 4.09. The van der Waals surface area contributed by atoms with Crippen molar-refractivity contribution in [3.8, 4) is 45.8 Å². The number of furan rings is 2. The summed E-state index contributed by atoms with van der Waals surface area (Å²) in [5.74, 6) is 0. The molecule has 0 fully saturated rings. The van der Waals surface area contributed by atoms with Gasteiger partial charge in [0.1, 0.15) is 22.3 Å². The number of para-hydroxylation sites is 4. The molecule has 0 spiro atoms. The van der Waals surface area contributed by atoms with Crippen molar-refractivity contribution in [3.05, 3.63) is 193 Å². The third-order valence-corrected chi connectivity index (χ3v) is 12.6. The Hall–Kier alpha value is -8.84. The molecule has 0 aliphatic rings. The molecule has 0 radical (unpaired) electrons. The molecule has 0 atom stereocenters. The summed E-state index contributed by atoms with van der Waals surface area (Å²) in [6.45, 7) is 0. The molecule has 4 heterocycles. The van der Waals surface area contributed by atoms with Crippen molar-refractivity contribution in [1.29, 1.82) is 10.5 Å². The molecule has 0 saturated carbocycles. The fraction of sp³-hybridized carbons (Fsp3) is 0. The standard InChI is InChI=1S/C56H30N4O2/c57-31-35-28-34(33-12-2-1-3-13-33)29-36(32-58)52(35)44-23-22-37(59-45-18-8-4-16-42(45)53-47(59)26-24-40-38-14-6-10-20-50(38)61-55(40)53)30-49(44)60-46-19-9-5-17-43(46)54-48(60)27-25-41-39-15-7-11-21-51(39)62-56(41)54/h1-30H. The predicted octanol–water partition coefficient (Wildman–Crippen LogP) is 14.8. The zero-order valence-electron chi connectivity index (χ0n) is 32.9. The molecule has 286 valence electrons. The molecule has 0 N–H and O–H groups in total. The van der Waals surface area contributed by atoms with E-state index in [1.54, 1.807) is 0 Å². The van der Waals surface area contributed by atoms with E-state index in [-0.39, 0.29) is 0 Å². The van der Waals surface area contributed by atoms with Crippen molar-refractivity contribution in [3.63, 3.8) is 0 Å². The third kappa shape index (κ3) is 4.66. The Kier molecular flexibility index (Phi) is 7.05. The van der Waals surface area contributed by atoms with Crippen LogP contribution in [0.15, 0.2) is 191 Å². The molecule has 0 bridgehead atoms. The molecule has 13 aromatic rings. The maximum Gasteiger partial charge on any atom is 0.145 e. The van der Waals surface area contributed by atoms with E-state index < -0.39 is 0 Å². The molecule has 6 heteroatoms. The fourth-order valence-electron chi connectivity index (χ4n) is 9.97. The number of hydrogen-bond donors (Lipinski definition) is 0. The van der Waals surface area contributed by atoms with Crippen LogP contribution in [0.1, 0.15) is 11.1 Å². The second kappa shape index (κ2) is 12.8. The first-order valence-corrected chi connectivity index (χ1v) is 20.5. The summed E-state index contributed by atoms with van der Waals surface area (Å²) < 4.78 is 17.9. The molecule has 13 rings (SSSR count). The van der Waals surface area contributed by atoms with Gasteiger partial charge in [-0.2, -0.15) is 10.5 Å². The summed E-state index contributed by atoms with van der Waals surface area (Å²) >= 11 is 0. The molecule has 0 aliphatic heterocycles. The lowest BCUT2D eigenvalue weighted by Gasteiger charge is -2.19. The summed E-state index contributed by atoms with van der Waals surface area (Å²) in [7, 11) is 0. The zero-order valence-corrected chi connectivity index (χ0v) is 32.9. The summed E-state index contributed by atoms with van der Waals surface area (Å²) in [4.78, 5) is 0. The SMILES string of the molecule is N#Cc1cc(-c2ccccc2)cc(C#N)c1-c1ccc(-n2c3ccccc3c3c4oc5ccccc5c4ccc32)cc1-n1c2ccccc2c2c3oc4ccccc4c3ccc21. The fourth-order valence-corrected chi connectivity index (χ4v) is 9.97. The van der Waals surface area contributed by atoms with Crippen LogP contribution in [0.3, 0.4) is 0 Å². The highest BCUT2D eigenvalue weighted by Gasteiger charge is 2.25. The van der Waals surface area contributed by atoms with Gasteiger partial charge in [0.25, 0.3) is 0 Å². The minimum absolute atomic E-state index is 0.418. The van der Waals surface area contributed by atoms with Gasteiger partial charge in [-0.25, -0.2) is 0 Å². The van der Waals surface area contributed by atoms with E-state index in [9.17, 15) is 10.5 Å². The minimum Gasteiger partial charge on any atom is -0.455 e. The van der Waals surface area contributed by atoms with E-state index in [1.165, 1.54) is 0 Å². The number of hydrogen-bond acceptors (Lipinski definition) is 4. The second-order valence-electron chi connectivity index (χ2n) is 15.8. The van der Waals surface area contributed by atoms with Crippen LogP contribution >= 0.6 is 0 Å². The van der Waals surface area contributed by atoms with E-state index >= 15 is 0 Å². The number of rotatable bonds is 4. The highest BCUT2D eigenvalue weighted by Crippen LogP contribution is 2.46. The molecule has 0 aliphatic carbocycles. The van der Waals surface area contributed by atoms with Gasteiger partial charge in [-0.15, -0.1) is 0 Å². The van der Waals surface area contributed by atoms with E-state index in [0.29, 0.717) is 16.7 Å². The van der Waals surface area contributed by atoms with E-state index in [1.807, 2.05) is 78.9 Å². The van der Waals surface area contributed by atoms with Crippen LogP contribution in [0.2, 0.25) is 0 Å². The molecule has 6 nitrogen and oxygen atoms in total. The molecule has 62 heavy (non-hydrogen) atoms. The van der Waals surface area contributed by atoms with Gasteiger partial charge in [0, 0.05) is 49.1 Å². The van der Waals surface area contributed by atoms with E-state index in [4.69, 9.17) is 8.83 Å². The van der Waals surface area contributed by atoms with Crippen molar-refractivity contribution in [1.82, 2.24) is 9.13 Å². The van der Waals surface area contributed by atoms with Gasteiger partial charge in [-0.3, -0.25) is 0 Å². The van der Waals surface area contributed by atoms with Crippen LogP contribution in [0.5, 0.6) is 0 Å². The highest BCUT2D eigenvalue weighted by atomic mass is 16.3. The maximum atomic E-state index is 10.9. The van der Waals surface area contributed by atoms with Crippen LogP contribution < -0.4 is 0 Å². The number of aromatic nitrogens is 2. The van der Waals surface area contributed by atoms with Crippen LogP contribution in [0.25, 0.3) is 121 Å². The van der Waals surface area contributed by atoms with Gasteiger partial charge in [-0.1, -0.05) is 109 Å². The summed E-state index contributed by atoms with van der Waals surface area (Å²) in [6.07, 6.45) is 0.